The maximum atomic E-state index is 12.3. The van der Waals surface area contributed by atoms with Gasteiger partial charge >= 0.3 is 11.7 Å². The zero-order valence-corrected chi connectivity index (χ0v) is 15.4. The van der Waals surface area contributed by atoms with Crippen LogP contribution in [0.1, 0.15) is 17.2 Å². The first-order valence-corrected chi connectivity index (χ1v) is 8.94. The number of nitrogens with zero attached hydrogens (tertiary/aromatic N) is 2. The maximum Gasteiger partial charge on any atom is 0.328 e. The minimum atomic E-state index is -0.304. The molecule has 4 rings (SSSR count). The van der Waals surface area contributed by atoms with E-state index in [-0.39, 0.29) is 17.8 Å². The van der Waals surface area contributed by atoms with Gasteiger partial charge in [-0.25, -0.2) is 9.59 Å². The third kappa shape index (κ3) is 3.21. The van der Waals surface area contributed by atoms with Crippen molar-refractivity contribution in [1.29, 1.82) is 0 Å². The molecule has 0 unspecified atom stereocenters. The number of imidazole rings is 1. The summed E-state index contributed by atoms with van der Waals surface area (Å²) in [6.07, 6.45) is 0.757. The van der Waals surface area contributed by atoms with Crippen LogP contribution in [0.25, 0.3) is 11.0 Å². The molecule has 1 aliphatic rings. The number of anilines is 1. The summed E-state index contributed by atoms with van der Waals surface area (Å²) in [5, 5.41) is 5.70. The second kappa shape index (κ2) is 6.92. The van der Waals surface area contributed by atoms with Gasteiger partial charge in [-0.05, 0) is 35.7 Å². The molecule has 2 heterocycles. The number of fused-ring (bicyclic) bond motifs is 2. The second-order valence-corrected chi connectivity index (χ2v) is 6.75. The number of ether oxygens (including phenoxy) is 1. The van der Waals surface area contributed by atoms with Gasteiger partial charge in [-0.3, -0.25) is 9.13 Å². The van der Waals surface area contributed by atoms with E-state index in [1.165, 1.54) is 5.56 Å². The highest BCUT2D eigenvalue weighted by molar-refractivity contribution is 5.92. The van der Waals surface area contributed by atoms with Crippen molar-refractivity contribution >= 4 is 22.8 Å². The molecular formula is C20H22N4O3. The number of carbonyl (C=O) groups excluding carboxylic acids is 1. The summed E-state index contributed by atoms with van der Waals surface area (Å²) in [7, 11) is 3.44. The number of urea groups is 1. The lowest BCUT2D eigenvalue weighted by Crippen LogP contribution is -2.34. The summed E-state index contributed by atoms with van der Waals surface area (Å²) in [5.41, 5.74) is 4.52. The van der Waals surface area contributed by atoms with Gasteiger partial charge in [-0.2, -0.15) is 0 Å². The van der Waals surface area contributed by atoms with Crippen molar-refractivity contribution in [2.45, 2.75) is 12.5 Å². The van der Waals surface area contributed by atoms with E-state index in [4.69, 9.17) is 4.74 Å². The largest absolute Gasteiger partial charge is 0.371 e. The van der Waals surface area contributed by atoms with Crippen LogP contribution in [0.5, 0.6) is 0 Å². The zero-order chi connectivity index (χ0) is 19.0. The smallest absolute Gasteiger partial charge is 0.328 e. The molecule has 1 aliphatic heterocycles. The van der Waals surface area contributed by atoms with Crippen LogP contribution in [0.2, 0.25) is 0 Å². The highest BCUT2D eigenvalue weighted by Crippen LogP contribution is 2.26. The fourth-order valence-corrected chi connectivity index (χ4v) is 3.59. The average Bonchev–Trinajstić information content (AvgIpc) is 2.90. The highest BCUT2D eigenvalue weighted by Gasteiger charge is 2.21. The van der Waals surface area contributed by atoms with Gasteiger partial charge in [-0.1, -0.05) is 24.3 Å². The Labute approximate surface area is 156 Å². The molecule has 0 saturated heterocycles. The Bertz CT molecular complexity index is 1070. The topological polar surface area (TPSA) is 77.3 Å². The molecule has 7 heteroatoms. The molecule has 2 N–H and O–H groups in total. The SMILES string of the molecule is Cn1c(=O)n(C)c2cc(NC(=O)NC[C@@H]3OCCc4ccccc43)ccc21. The van der Waals surface area contributed by atoms with E-state index < -0.39 is 0 Å². The molecule has 0 spiro atoms. The van der Waals surface area contributed by atoms with Gasteiger partial charge in [0.25, 0.3) is 0 Å². The van der Waals surface area contributed by atoms with Crippen molar-refractivity contribution in [1.82, 2.24) is 14.5 Å². The summed E-state index contributed by atoms with van der Waals surface area (Å²) in [5.74, 6) is 0. The first-order chi connectivity index (χ1) is 13.0. The molecule has 2 aromatic carbocycles. The van der Waals surface area contributed by atoms with Gasteiger partial charge in [0, 0.05) is 26.3 Å². The molecule has 3 aromatic rings. The number of aromatic nitrogens is 2. The third-order valence-electron chi connectivity index (χ3n) is 5.07. The van der Waals surface area contributed by atoms with E-state index >= 15 is 0 Å². The first-order valence-electron chi connectivity index (χ1n) is 8.94. The van der Waals surface area contributed by atoms with Crippen LogP contribution in [0.3, 0.4) is 0 Å². The van der Waals surface area contributed by atoms with Gasteiger partial charge in [0.1, 0.15) is 6.10 Å². The number of amides is 2. The van der Waals surface area contributed by atoms with Crippen LogP contribution in [0.4, 0.5) is 10.5 Å². The van der Waals surface area contributed by atoms with Gasteiger partial charge in [-0.15, -0.1) is 0 Å². The van der Waals surface area contributed by atoms with Gasteiger partial charge < -0.3 is 15.4 Å². The van der Waals surface area contributed by atoms with E-state index in [1.807, 2.05) is 24.3 Å². The Morgan fingerprint density at radius 2 is 1.93 bits per heavy atom. The summed E-state index contributed by atoms with van der Waals surface area (Å²) in [6, 6.07) is 13.3. The van der Waals surface area contributed by atoms with Crippen LogP contribution in [0, 0.1) is 0 Å². The number of hydrogen-bond acceptors (Lipinski definition) is 3. The molecule has 0 fully saturated rings. The first kappa shape index (κ1) is 17.4. The number of nitrogens with one attached hydrogen (secondary N) is 2. The minimum Gasteiger partial charge on any atom is -0.371 e. The average molecular weight is 366 g/mol. The predicted octanol–water partition coefficient (Wildman–Crippen LogP) is 2.31. The van der Waals surface area contributed by atoms with Crippen molar-refractivity contribution in [3.05, 3.63) is 64.1 Å². The number of aryl methyl sites for hydroxylation is 2. The van der Waals surface area contributed by atoms with Crippen molar-refractivity contribution in [3.8, 4) is 0 Å². The molecular weight excluding hydrogens is 344 g/mol. The second-order valence-electron chi connectivity index (χ2n) is 6.75. The third-order valence-corrected chi connectivity index (χ3v) is 5.07. The van der Waals surface area contributed by atoms with Crippen LogP contribution in [0.15, 0.2) is 47.3 Å². The Morgan fingerprint density at radius 1 is 1.15 bits per heavy atom. The number of carbonyl (C=O) groups is 1. The van der Waals surface area contributed by atoms with Crippen molar-refractivity contribution in [2.75, 3.05) is 18.5 Å². The van der Waals surface area contributed by atoms with E-state index in [9.17, 15) is 9.59 Å². The quantitative estimate of drug-likeness (QED) is 0.747. The predicted molar refractivity (Wildman–Crippen MR) is 104 cm³/mol. The van der Waals surface area contributed by atoms with Gasteiger partial charge in [0.2, 0.25) is 0 Å². The van der Waals surface area contributed by atoms with Gasteiger partial charge in [0.15, 0.2) is 0 Å². The summed E-state index contributed by atoms with van der Waals surface area (Å²) >= 11 is 0. The van der Waals surface area contributed by atoms with Crippen molar-refractivity contribution in [3.63, 3.8) is 0 Å². The lowest BCUT2D eigenvalue weighted by Gasteiger charge is -2.26. The normalized spacial score (nSPS) is 16.1. The standard InChI is InChI=1S/C20H22N4O3/c1-23-16-8-7-14(11-17(16)24(2)20(23)26)22-19(25)21-12-18-15-6-4-3-5-13(15)9-10-27-18/h3-8,11,18H,9-10,12H2,1-2H3,(H2,21,22,25)/t18-/m0/s1. The number of benzene rings is 2. The Kier molecular flexibility index (Phi) is 4.45. The molecule has 1 aromatic heterocycles. The van der Waals surface area contributed by atoms with Crippen LogP contribution in [-0.4, -0.2) is 28.3 Å². The van der Waals surface area contributed by atoms with Gasteiger partial charge in [0.05, 0.1) is 17.6 Å². The minimum absolute atomic E-state index is 0.0975. The fraction of sp³-hybridized carbons (Fsp3) is 0.300. The van der Waals surface area contributed by atoms with E-state index in [2.05, 4.69) is 16.7 Å². The monoisotopic (exact) mass is 366 g/mol. The lowest BCUT2D eigenvalue weighted by molar-refractivity contribution is 0.0444. The molecule has 140 valence electrons. The fourth-order valence-electron chi connectivity index (χ4n) is 3.59. The summed E-state index contributed by atoms with van der Waals surface area (Å²) in [6.45, 7) is 1.05. The summed E-state index contributed by atoms with van der Waals surface area (Å²) < 4.78 is 8.95. The summed E-state index contributed by atoms with van der Waals surface area (Å²) in [4.78, 5) is 24.3. The molecule has 2 amide bonds. The lowest BCUT2D eigenvalue weighted by atomic mass is 9.98. The molecule has 0 bridgehead atoms. The molecule has 0 saturated carbocycles. The van der Waals surface area contributed by atoms with Crippen LogP contribution in [-0.2, 0) is 25.3 Å². The Morgan fingerprint density at radius 3 is 2.78 bits per heavy atom. The molecule has 0 aliphatic carbocycles. The number of rotatable bonds is 3. The van der Waals surface area contributed by atoms with Crippen LogP contribution < -0.4 is 16.3 Å². The molecule has 7 nitrogen and oxygen atoms in total. The Hall–Kier alpha value is -3.06. The van der Waals surface area contributed by atoms with Crippen molar-refractivity contribution < 1.29 is 9.53 Å². The zero-order valence-electron chi connectivity index (χ0n) is 15.4. The van der Waals surface area contributed by atoms with Crippen molar-refractivity contribution in [2.24, 2.45) is 14.1 Å². The van der Waals surface area contributed by atoms with Crippen LogP contribution >= 0.6 is 0 Å². The molecule has 27 heavy (non-hydrogen) atoms. The van der Waals surface area contributed by atoms with E-state index in [0.29, 0.717) is 18.8 Å². The highest BCUT2D eigenvalue weighted by atomic mass is 16.5. The Balaban J connectivity index is 1.44. The van der Waals surface area contributed by atoms with E-state index in [0.717, 1.165) is 23.0 Å². The van der Waals surface area contributed by atoms with E-state index in [1.54, 1.807) is 35.4 Å². The maximum absolute atomic E-state index is 12.3. The molecule has 0 radical (unpaired) electrons. The molecule has 1 atom stereocenters. The number of hydrogen-bond donors (Lipinski definition) is 2.